The number of anilines is 2. The molecule has 0 radical (unpaired) electrons. The number of aromatic nitrogens is 1. The van der Waals surface area contributed by atoms with Gasteiger partial charge in [-0.25, -0.2) is 4.98 Å². The van der Waals surface area contributed by atoms with Gasteiger partial charge < -0.3 is 25.3 Å². The fourth-order valence-electron chi connectivity index (χ4n) is 4.39. The van der Waals surface area contributed by atoms with Crippen molar-refractivity contribution < 1.29 is 19.0 Å². The largest absolute Gasteiger partial charge is 0.493 e. The number of nitrogen functional groups attached to an aromatic ring is 1. The van der Waals surface area contributed by atoms with E-state index in [1.165, 1.54) is 6.92 Å². The number of pyridine rings is 1. The van der Waals surface area contributed by atoms with Crippen molar-refractivity contribution in [1.29, 1.82) is 5.26 Å². The lowest BCUT2D eigenvalue weighted by Crippen LogP contribution is -2.13. The first-order valence-electron chi connectivity index (χ1n) is 10.1. The Labute approximate surface area is 184 Å². The molecule has 0 saturated carbocycles. The second kappa shape index (κ2) is 7.46. The summed E-state index contributed by atoms with van der Waals surface area (Å²) in [6.45, 7) is 1.59. The predicted octanol–water partition coefficient (Wildman–Crippen LogP) is 3.66. The number of nitrogens with one attached hydrogen (secondary N) is 1. The number of ether oxygens (including phenoxy) is 3. The summed E-state index contributed by atoms with van der Waals surface area (Å²) >= 11 is 0. The van der Waals surface area contributed by atoms with E-state index in [-0.39, 0.29) is 18.5 Å². The lowest BCUT2D eigenvalue weighted by atomic mass is 9.83. The molecule has 0 fully saturated rings. The number of rotatable bonds is 3. The highest BCUT2D eigenvalue weighted by Gasteiger charge is 2.28. The van der Waals surface area contributed by atoms with Gasteiger partial charge in [0, 0.05) is 23.7 Å². The van der Waals surface area contributed by atoms with Gasteiger partial charge in [0.15, 0.2) is 11.5 Å². The van der Waals surface area contributed by atoms with Crippen molar-refractivity contribution in [2.24, 2.45) is 0 Å². The molecule has 2 heterocycles. The van der Waals surface area contributed by atoms with Crippen LogP contribution in [-0.4, -0.2) is 24.8 Å². The van der Waals surface area contributed by atoms with E-state index in [1.807, 2.05) is 30.3 Å². The molecule has 1 aliphatic carbocycles. The lowest BCUT2D eigenvalue weighted by molar-refractivity contribution is -0.114. The number of carbonyl (C=O) groups excluding carboxylic acids is 1. The van der Waals surface area contributed by atoms with E-state index < -0.39 is 0 Å². The van der Waals surface area contributed by atoms with Crippen LogP contribution >= 0.6 is 0 Å². The Morgan fingerprint density at radius 3 is 2.84 bits per heavy atom. The van der Waals surface area contributed by atoms with Crippen LogP contribution in [0.5, 0.6) is 17.2 Å². The van der Waals surface area contributed by atoms with Crippen molar-refractivity contribution >= 4 is 17.4 Å². The normalized spacial score (nSPS) is 13.0. The molecule has 8 nitrogen and oxygen atoms in total. The molecule has 2 aromatic carbocycles. The minimum absolute atomic E-state index is 0.112. The SMILES string of the molecule is COc1cc(-c2c(C#N)c(N)nc3c2CCc2cc(NC(C)=O)ccc2-3)cc2c1OCO2. The summed E-state index contributed by atoms with van der Waals surface area (Å²) in [5, 5.41) is 12.7. The molecule has 3 N–H and O–H groups in total. The summed E-state index contributed by atoms with van der Waals surface area (Å²) in [6, 6.07) is 11.6. The Morgan fingerprint density at radius 2 is 2.09 bits per heavy atom. The van der Waals surface area contributed by atoms with E-state index in [2.05, 4.69) is 16.4 Å². The van der Waals surface area contributed by atoms with Crippen LogP contribution in [0.15, 0.2) is 30.3 Å². The van der Waals surface area contributed by atoms with Crippen molar-refractivity contribution in [2.45, 2.75) is 19.8 Å². The van der Waals surface area contributed by atoms with E-state index in [4.69, 9.17) is 19.9 Å². The van der Waals surface area contributed by atoms with Crippen LogP contribution in [0.4, 0.5) is 11.5 Å². The van der Waals surface area contributed by atoms with Gasteiger partial charge >= 0.3 is 0 Å². The zero-order valence-electron chi connectivity index (χ0n) is 17.6. The summed E-state index contributed by atoms with van der Waals surface area (Å²) in [7, 11) is 1.56. The quantitative estimate of drug-likeness (QED) is 0.653. The average Bonchev–Trinajstić information content (AvgIpc) is 3.25. The number of benzene rings is 2. The number of hydrogen-bond acceptors (Lipinski definition) is 7. The second-order valence-electron chi connectivity index (χ2n) is 7.65. The van der Waals surface area contributed by atoms with Crippen LogP contribution in [0.25, 0.3) is 22.4 Å². The number of amides is 1. The molecule has 0 bridgehead atoms. The molecule has 0 atom stereocenters. The van der Waals surface area contributed by atoms with Crippen LogP contribution in [0.3, 0.4) is 0 Å². The number of methoxy groups -OCH3 is 1. The molecule has 32 heavy (non-hydrogen) atoms. The number of nitrogens with two attached hydrogens (primary N) is 1. The molecule has 160 valence electrons. The maximum Gasteiger partial charge on any atom is 0.231 e. The van der Waals surface area contributed by atoms with Crippen LogP contribution in [-0.2, 0) is 17.6 Å². The van der Waals surface area contributed by atoms with E-state index >= 15 is 0 Å². The second-order valence-corrected chi connectivity index (χ2v) is 7.65. The topological polar surface area (TPSA) is 119 Å². The summed E-state index contributed by atoms with van der Waals surface area (Å²) in [6.07, 6.45) is 1.40. The maximum absolute atomic E-state index is 11.4. The van der Waals surface area contributed by atoms with Gasteiger partial charge in [-0.3, -0.25) is 4.79 Å². The van der Waals surface area contributed by atoms with E-state index in [0.29, 0.717) is 29.2 Å². The van der Waals surface area contributed by atoms with Gasteiger partial charge in [-0.1, -0.05) is 6.07 Å². The smallest absolute Gasteiger partial charge is 0.231 e. The lowest BCUT2D eigenvalue weighted by Gasteiger charge is -2.24. The third-order valence-electron chi connectivity index (χ3n) is 5.71. The van der Waals surface area contributed by atoms with Crippen LogP contribution in [0.1, 0.15) is 23.6 Å². The molecule has 2 aliphatic rings. The highest BCUT2D eigenvalue weighted by Crippen LogP contribution is 2.48. The molecule has 3 aromatic rings. The van der Waals surface area contributed by atoms with Gasteiger partial charge in [-0.2, -0.15) is 5.26 Å². The van der Waals surface area contributed by atoms with Gasteiger partial charge in [-0.05, 0) is 53.8 Å². The molecular weight excluding hydrogens is 408 g/mol. The molecule has 0 spiro atoms. The van der Waals surface area contributed by atoms with Crippen molar-refractivity contribution in [3.05, 3.63) is 47.0 Å². The molecule has 1 aliphatic heterocycles. The van der Waals surface area contributed by atoms with Crippen molar-refractivity contribution in [2.75, 3.05) is 25.0 Å². The molecular formula is C24H20N4O4. The van der Waals surface area contributed by atoms with Crippen molar-refractivity contribution in [1.82, 2.24) is 4.98 Å². The molecule has 5 rings (SSSR count). The third-order valence-corrected chi connectivity index (χ3v) is 5.71. The Hall–Kier alpha value is -4.25. The third kappa shape index (κ3) is 3.06. The highest BCUT2D eigenvalue weighted by molar-refractivity contribution is 5.91. The number of nitrogens with zero attached hydrogens (tertiary/aromatic N) is 2. The van der Waals surface area contributed by atoms with Crippen molar-refractivity contribution in [3.8, 4) is 45.7 Å². The van der Waals surface area contributed by atoms with E-state index in [9.17, 15) is 10.1 Å². The first kappa shape index (κ1) is 19.7. The summed E-state index contributed by atoms with van der Waals surface area (Å²) in [4.78, 5) is 16.0. The zero-order chi connectivity index (χ0) is 22.4. The molecule has 0 saturated heterocycles. The van der Waals surface area contributed by atoms with Gasteiger partial charge in [0.05, 0.1) is 12.8 Å². The van der Waals surface area contributed by atoms with Gasteiger partial charge in [0.25, 0.3) is 0 Å². The molecule has 1 amide bonds. The fraction of sp³-hybridized carbons (Fsp3) is 0.208. The number of hydrogen-bond donors (Lipinski definition) is 2. The average molecular weight is 428 g/mol. The van der Waals surface area contributed by atoms with Crippen LogP contribution in [0.2, 0.25) is 0 Å². The first-order chi connectivity index (χ1) is 15.5. The Morgan fingerprint density at radius 1 is 1.25 bits per heavy atom. The van der Waals surface area contributed by atoms with Crippen molar-refractivity contribution in [3.63, 3.8) is 0 Å². The maximum atomic E-state index is 11.4. The highest BCUT2D eigenvalue weighted by atomic mass is 16.7. The van der Waals surface area contributed by atoms with Gasteiger partial charge in [0.1, 0.15) is 17.5 Å². The Balaban J connectivity index is 1.73. The van der Waals surface area contributed by atoms with Gasteiger partial charge in [-0.15, -0.1) is 0 Å². The zero-order valence-corrected chi connectivity index (χ0v) is 17.6. The van der Waals surface area contributed by atoms with Crippen LogP contribution < -0.4 is 25.3 Å². The summed E-state index contributed by atoms with van der Waals surface area (Å²) in [5.74, 6) is 1.67. The van der Waals surface area contributed by atoms with E-state index in [1.54, 1.807) is 7.11 Å². The number of aryl methyl sites for hydroxylation is 1. The Kier molecular flexibility index (Phi) is 4.59. The minimum atomic E-state index is -0.124. The van der Waals surface area contributed by atoms with Crippen LogP contribution in [0, 0.1) is 11.3 Å². The fourth-order valence-corrected chi connectivity index (χ4v) is 4.39. The molecule has 8 heteroatoms. The monoisotopic (exact) mass is 428 g/mol. The standard InChI is InChI=1S/C24H20N4O4/c1-12(29)27-15-4-6-16-13(7-15)3-5-17-21(18(10-25)24(26)28-22(16)17)14-8-19(30-2)23-20(9-14)31-11-32-23/h4,6-9H,3,5,11H2,1-2H3,(H2,26,28)(H,27,29). The Bertz CT molecular complexity index is 1330. The summed E-state index contributed by atoms with van der Waals surface area (Å²) in [5.41, 5.74) is 12.5. The molecule has 1 aromatic heterocycles. The molecule has 0 unspecified atom stereocenters. The first-order valence-corrected chi connectivity index (χ1v) is 10.1. The van der Waals surface area contributed by atoms with Gasteiger partial charge in [0.2, 0.25) is 18.4 Å². The predicted molar refractivity (Wildman–Crippen MR) is 119 cm³/mol. The van der Waals surface area contributed by atoms with E-state index in [0.717, 1.165) is 45.6 Å². The number of carbonyl (C=O) groups is 1. The number of fused-ring (bicyclic) bond motifs is 4. The minimum Gasteiger partial charge on any atom is -0.493 e. The number of nitriles is 1. The summed E-state index contributed by atoms with van der Waals surface area (Å²) < 4.78 is 16.6.